The monoisotopic (exact) mass is 453 g/mol. The molecule has 0 unspecified atom stereocenters. The number of para-hydroxylation sites is 1. The Morgan fingerprint density at radius 2 is 1.56 bits per heavy atom. The number of piperazine rings is 1. The SMILES string of the molecule is CC(=O)c1ccc(N2CCN(C(=O)c3cc(-c4ccccc4)nc4ccccc34)CC2)c(F)c1. The van der Waals surface area contributed by atoms with E-state index in [1.54, 1.807) is 12.1 Å². The lowest BCUT2D eigenvalue weighted by atomic mass is 10.0. The van der Waals surface area contributed by atoms with E-state index < -0.39 is 5.82 Å². The minimum Gasteiger partial charge on any atom is -0.366 e. The standard InChI is InChI=1S/C28H24FN3O2/c1-19(33)21-11-12-27(24(29)17-21)31-13-15-32(16-14-31)28(34)23-18-26(20-7-3-2-4-8-20)30-25-10-6-5-9-22(23)25/h2-12,17-18H,13-16H2,1H3. The number of fused-ring (bicyclic) bond motifs is 1. The third-order valence-corrected chi connectivity index (χ3v) is 6.28. The fraction of sp³-hybridized carbons (Fsp3) is 0.179. The smallest absolute Gasteiger partial charge is 0.254 e. The average Bonchev–Trinajstić information content (AvgIpc) is 2.88. The minimum atomic E-state index is -0.417. The van der Waals surface area contributed by atoms with Crippen molar-refractivity contribution in [1.29, 1.82) is 0 Å². The minimum absolute atomic E-state index is 0.0529. The first kappa shape index (κ1) is 21.8. The molecule has 170 valence electrons. The quantitative estimate of drug-likeness (QED) is 0.398. The van der Waals surface area contributed by atoms with E-state index in [0.29, 0.717) is 43.0 Å². The van der Waals surface area contributed by atoms with Gasteiger partial charge >= 0.3 is 0 Å². The van der Waals surface area contributed by atoms with Gasteiger partial charge in [-0.2, -0.15) is 0 Å². The molecule has 6 heteroatoms. The molecule has 1 aromatic heterocycles. The number of ketones is 1. The van der Waals surface area contributed by atoms with E-state index in [9.17, 15) is 14.0 Å². The predicted molar refractivity (Wildman–Crippen MR) is 132 cm³/mol. The summed E-state index contributed by atoms with van der Waals surface area (Å²) in [6.07, 6.45) is 0. The summed E-state index contributed by atoms with van der Waals surface area (Å²) in [5.74, 6) is -0.636. The van der Waals surface area contributed by atoms with Gasteiger partial charge in [-0.25, -0.2) is 9.37 Å². The molecule has 3 aromatic carbocycles. The van der Waals surface area contributed by atoms with Gasteiger partial charge in [-0.05, 0) is 37.3 Å². The van der Waals surface area contributed by atoms with Crippen molar-refractivity contribution >= 4 is 28.3 Å². The van der Waals surface area contributed by atoms with Crippen LogP contribution in [0.15, 0.2) is 78.9 Å². The number of pyridine rings is 1. The van der Waals surface area contributed by atoms with E-state index in [2.05, 4.69) is 0 Å². The Kier molecular flexibility index (Phi) is 5.80. The number of Topliss-reactive ketones (excluding diaryl/α,β-unsaturated/α-hetero) is 1. The Balaban J connectivity index is 1.40. The van der Waals surface area contributed by atoms with Crippen LogP contribution in [0.1, 0.15) is 27.6 Å². The van der Waals surface area contributed by atoms with Crippen LogP contribution in [-0.2, 0) is 0 Å². The van der Waals surface area contributed by atoms with E-state index in [4.69, 9.17) is 4.98 Å². The van der Waals surface area contributed by atoms with Gasteiger partial charge in [-0.15, -0.1) is 0 Å². The number of halogens is 1. The molecule has 0 spiro atoms. The molecule has 4 aromatic rings. The van der Waals surface area contributed by atoms with Gasteiger partial charge in [0.1, 0.15) is 5.82 Å². The van der Waals surface area contributed by atoms with E-state index in [-0.39, 0.29) is 11.7 Å². The van der Waals surface area contributed by atoms with Gasteiger partial charge in [-0.1, -0.05) is 48.5 Å². The number of carbonyl (C=O) groups is 2. The Hall–Kier alpha value is -4.06. The largest absolute Gasteiger partial charge is 0.366 e. The van der Waals surface area contributed by atoms with Crippen LogP contribution in [0.5, 0.6) is 0 Å². The molecule has 1 aliphatic heterocycles. The molecule has 2 heterocycles. The molecule has 1 fully saturated rings. The lowest BCUT2D eigenvalue weighted by Crippen LogP contribution is -2.49. The second kappa shape index (κ2) is 9.06. The molecule has 34 heavy (non-hydrogen) atoms. The predicted octanol–water partition coefficient (Wildman–Crippen LogP) is 5.21. The fourth-order valence-corrected chi connectivity index (χ4v) is 4.41. The average molecular weight is 454 g/mol. The Bertz CT molecular complexity index is 1380. The van der Waals surface area contributed by atoms with Crippen molar-refractivity contribution in [1.82, 2.24) is 9.88 Å². The van der Waals surface area contributed by atoms with E-state index >= 15 is 0 Å². The van der Waals surface area contributed by atoms with Crippen LogP contribution in [0.2, 0.25) is 0 Å². The second-order valence-corrected chi connectivity index (χ2v) is 8.44. The first-order valence-corrected chi connectivity index (χ1v) is 11.3. The Morgan fingerprint density at radius 3 is 2.26 bits per heavy atom. The highest BCUT2D eigenvalue weighted by atomic mass is 19.1. The summed E-state index contributed by atoms with van der Waals surface area (Å²) < 4.78 is 14.6. The normalized spacial score (nSPS) is 13.8. The molecule has 5 rings (SSSR count). The maximum Gasteiger partial charge on any atom is 0.254 e. The molecule has 1 amide bonds. The molecule has 0 bridgehead atoms. The molecular weight excluding hydrogens is 429 g/mol. The van der Waals surface area contributed by atoms with Gasteiger partial charge in [0.15, 0.2) is 5.78 Å². The number of benzene rings is 3. The molecule has 1 aliphatic rings. The third-order valence-electron chi connectivity index (χ3n) is 6.28. The molecule has 0 saturated carbocycles. The van der Waals surface area contributed by atoms with Crippen LogP contribution in [0, 0.1) is 5.82 Å². The summed E-state index contributed by atoms with van der Waals surface area (Å²) in [6, 6.07) is 23.9. The van der Waals surface area contributed by atoms with Crippen LogP contribution in [-0.4, -0.2) is 47.8 Å². The summed E-state index contributed by atoms with van der Waals surface area (Å²) in [4.78, 5) is 33.6. The van der Waals surface area contributed by atoms with Gasteiger partial charge in [-0.3, -0.25) is 9.59 Å². The lowest BCUT2D eigenvalue weighted by Gasteiger charge is -2.36. The van der Waals surface area contributed by atoms with Crippen molar-refractivity contribution < 1.29 is 14.0 Å². The number of aromatic nitrogens is 1. The van der Waals surface area contributed by atoms with Crippen molar-refractivity contribution in [2.45, 2.75) is 6.92 Å². The molecular formula is C28H24FN3O2. The summed E-state index contributed by atoms with van der Waals surface area (Å²) in [7, 11) is 0. The summed E-state index contributed by atoms with van der Waals surface area (Å²) in [5.41, 5.74) is 3.92. The van der Waals surface area contributed by atoms with Crippen LogP contribution < -0.4 is 4.90 Å². The number of hydrogen-bond acceptors (Lipinski definition) is 4. The molecule has 5 nitrogen and oxygen atoms in total. The zero-order valence-electron chi connectivity index (χ0n) is 18.9. The van der Waals surface area contributed by atoms with E-state index in [1.165, 1.54) is 13.0 Å². The van der Waals surface area contributed by atoms with Crippen molar-refractivity contribution in [2.75, 3.05) is 31.1 Å². The maximum absolute atomic E-state index is 14.6. The maximum atomic E-state index is 14.6. The summed E-state index contributed by atoms with van der Waals surface area (Å²) >= 11 is 0. The van der Waals surface area contributed by atoms with Crippen molar-refractivity contribution in [3.63, 3.8) is 0 Å². The molecule has 0 atom stereocenters. The summed E-state index contributed by atoms with van der Waals surface area (Å²) in [6.45, 7) is 3.40. The van der Waals surface area contributed by atoms with E-state index in [0.717, 1.165) is 22.2 Å². The van der Waals surface area contributed by atoms with Crippen LogP contribution in [0.3, 0.4) is 0 Å². The zero-order valence-corrected chi connectivity index (χ0v) is 18.9. The molecule has 0 radical (unpaired) electrons. The molecule has 0 aliphatic carbocycles. The van der Waals surface area contributed by atoms with Gasteiger partial charge < -0.3 is 9.80 Å². The molecule has 1 saturated heterocycles. The first-order valence-electron chi connectivity index (χ1n) is 11.3. The number of hydrogen-bond donors (Lipinski definition) is 0. The number of nitrogens with zero attached hydrogens (tertiary/aromatic N) is 3. The van der Waals surface area contributed by atoms with Gasteiger partial charge in [0.05, 0.1) is 22.5 Å². The second-order valence-electron chi connectivity index (χ2n) is 8.44. The van der Waals surface area contributed by atoms with Crippen LogP contribution >= 0.6 is 0 Å². The van der Waals surface area contributed by atoms with Crippen LogP contribution in [0.25, 0.3) is 22.2 Å². The van der Waals surface area contributed by atoms with Gasteiger partial charge in [0, 0.05) is 42.7 Å². The fourth-order valence-electron chi connectivity index (χ4n) is 4.41. The third kappa shape index (κ3) is 4.15. The van der Waals surface area contributed by atoms with Crippen molar-refractivity contribution in [3.05, 3.63) is 95.8 Å². The number of carbonyl (C=O) groups excluding carboxylic acids is 2. The zero-order chi connectivity index (χ0) is 23.7. The summed E-state index contributed by atoms with van der Waals surface area (Å²) in [5, 5.41) is 0.820. The van der Waals surface area contributed by atoms with Crippen LogP contribution in [0.4, 0.5) is 10.1 Å². The highest BCUT2D eigenvalue weighted by Crippen LogP contribution is 2.27. The Labute approximate surface area is 197 Å². The first-order chi connectivity index (χ1) is 16.5. The van der Waals surface area contributed by atoms with Gasteiger partial charge in [0.25, 0.3) is 5.91 Å². The van der Waals surface area contributed by atoms with Gasteiger partial charge in [0.2, 0.25) is 0 Å². The molecule has 0 N–H and O–H groups in total. The topological polar surface area (TPSA) is 53.5 Å². The number of rotatable bonds is 4. The lowest BCUT2D eigenvalue weighted by molar-refractivity contribution is 0.0748. The van der Waals surface area contributed by atoms with E-state index in [1.807, 2.05) is 70.5 Å². The highest BCUT2D eigenvalue weighted by Gasteiger charge is 2.25. The van der Waals surface area contributed by atoms with Crippen molar-refractivity contribution in [2.24, 2.45) is 0 Å². The highest BCUT2D eigenvalue weighted by molar-refractivity contribution is 6.07. The number of amides is 1. The number of anilines is 1. The van der Waals surface area contributed by atoms with Crippen molar-refractivity contribution in [3.8, 4) is 11.3 Å². The Morgan fingerprint density at radius 1 is 0.853 bits per heavy atom.